The van der Waals surface area contributed by atoms with Gasteiger partial charge in [0.25, 0.3) is 0 Å². The van der Waals surface area contributed by atoms with Gasteiger partial charge >= 0.3 is 5.97 Å². The van der Waals surface area contributed by atoms with Crippen LogP contribution in [0.25, 0.3) is 0 Å². The quantitative estimate of drug-likeness (QED) is 0.630. The maximum atomic E-state index is 11.9. The molecule has 21 heavy (non-hydrogen) atoms. The molecule has 0 N–H and O–H groups in total. The van der Waals surface area contributed by atoms with Crippen LogP contribution in [0.5, 0.6) is 0 Å². The minimum absolute atomic E-state index is 0.381. The number of carbonyl (C=O) groups is 1. The van der Waals surface area contributed by atoms with E-state index in [0.29, 0.717) is 16.5 Å². The van der Waals surface area contributed by atoms with E-state index < -0.39 is 5.97 Å². The lowest BCUT2D eigenvalue weighted by Crippen LogP contribution is -2.30. The van der Waals surface area contributed by atoms with Crippen LogP contribution < -0.4 is 0 Å². The van der Waals surface area contributed by atoms with Crippen LogP contribution >= 0.6 is 11.6 Å². The van der Waals surface area contributed by atoms with Crippen molar-refractivity contribution in [3.8, 4) is 0 Å². The van der Waals surface area contributed by atoms with Crippen molar-refractivity contribution in [1.29, 1.82) is 0 Å². The molecule has 1 fully saturated rings. The van der Waals surface area contributed by atoms with E-state index in [1.807, 2.05) is 14.1 Å². The number of benzene rings is 1. The van der Waals surface area contributed by atoms with Gasteiger partial charge in [-0.2, -0.15) is 0 Å². The lowest BCUT2D eigenvalue weighted by Gasteiger charge is -2.25. The Morgan fingerprint density at radius 2 is 2.05 bits per heavy atom. The van der Waals surface area contributed by atoms with Crippen molar-refractivity contribution in [2.45, 2.75) is 25.7 Å². The second-order valence-corrected chi connectivity index (χ2v) is 6.11. The molecule has 1 saturated carbocycles. The monoisotopic (exact) mass is 308 g/mol. The third-order valence-electron chi connectivity index (χ3n) is 3.62. The fourth-order valence-electron chi connectivity index (χ4n) is 2.56. The molecular weight excluding hydrogens is 288 g/mol. The lowest BCUT2D eigenvalue weighted by atomic mass is 9.87. The fraction of sp³-hybridized carbons (Fsp3) is 0.500. The largest absolute Gasteiger partial charge is 0.365 e. The van der Waals surface area contributed by atoms with E-state index in [2.05, 4.69) is 10.1 Å². The summed E-state index contributed by atoms with van der Waals surface area (Å²) in [7, 11) is 4.10. The maximum Gasteiger partial charge on any atom is 0.365 e. The van der Waals surface area contributed by atoms with Gasteiger partial charge in [-0.1, -0.05) is 23.2 Å². The molecule has 1 aromatic carbocycles. The summed E-state index contributed by atoms with van der Waals surface area (Å²) in [6.45, 7) is 0.942. The van der Waals surface area contributed by atoms with Crippen LogP contribution in [0.15, 0.2) is 29.4 Å². The van der Waals surface area contributed by atoms with Crippen LogP contribution in [0.1, 0.15) is 36.0 Å². The highest BCUT2D eigenvalue weighted by molar-refractivity contribution is 6.30. The zero-order valence-electron chi connectivity index (χ0n) is 12.5. The van der Waals surface area contributed by atoms with Crippen molar-refractivity contribution in [3.05, 3.63) is 34.9 Å². The molecule has 5 heteroatoms. The third kappa shape index (κ3) is 4.83. The van der Waals surface area contributed by atoms with Gasteiger partial charge in [-0.25, -0.2) is 4.79 Å². The van der Waals surface area contributed by atoms with Gasteiger partial charge in [0.1, 0.15) is 0 Å². The van der Waals surface area contributed by atoms with Gasteiger partial charge in [0.15, 0.2) is 0 Å². The SMILES string of the molecule is CN(C)CC1CCCC/C1=N\OC(=O)c1ccc(Cl)cc1. The molecular formula is C16H21ClN2O2. The summed E-state index contributed by atoms with van der Waals surface area (Å²) in [5.74, 6) is -0.0555. The summed E-state index contributed by atoms with van der Waals surface area (Å²) in [5, 5.41) is 4.72. The van der Waals surface area contributed by atoms with Crippen LogP contribution in [0, 0.1) is 5.92 Å². The van der Waals surface area contributed by atoms with Crippen molar-refractivity contribution < 1.29 is 9.63 Å². The van der Waals surface area contributed by atoms with Gasteiger partial charge in [-0.3, -0.25) is 0 Å². The van der Waals surface area contributed by atoms with Crippen LogP contribution in [0.4, 0.5) is 0 Å². The normalized spacial score (nSPS) is 20.8. The van der Waals surface area contributed by atoms with E-state index in [1.54, 1.807) is 24.3 Å². The van der Waals surface area contributed by atoms with E-state index in [9.17, 15) is 4.79 Å². The number of oxime groups is 1. The molecule has 1 aliphatic carbocycles. The predicted octanol–water partition coefficient (Wildman–Crippen LogP) is 3.60. The first kappa shape index (κ1) is 16.0. The van der Waals surface area contributed by atoms with E-state index in [-0.39, 0.29) is 0 Å². The van der Waals surface area contributed by atoms with Gasteiger partial charge in [-0.05, 0) is 57.6 Å². The van der Waals surface area contributed by atoms with Crippen molar-refractivity contribution in [1.82, 2.24) is 4.90 Å². The zero-order valence-corrected chi connectivity index (χ0v) is 13.3. The Bertz CT molecular complexity index is 512. The number of nitrogens with zero attached hydrogens (tertiary/aromatic N) is 2. The molecule has 0 aromatic heterocycles. The molecule has 0 bridgehead atoms. The number of carbonyl (C=O) groups excluding carboxylic acids is 1. The Hall–Kier alpha value is -1.39. The summed E-state index contributed by atoms with van der Waals surface area (Å²) in [4.78, 5) is 19.2. The predicted molar refractivity (Wildman–Crippen MR) is 84.8 cm³/mol. The lowest BCUT2D eigenvalue weighted by molar-refractivity contribution is 0.0511. The first-order chi connectivity index (χ1) is 10.1. The molecule has 0 radical (unpaired) electrons. The summed E-state index contributed by atoms with van der Waals surface area (Å²) in [6, 6.07) is 6.62. The van der Waals surface area contributed by atoms with Crippen molar-refractivity contribution in [2.75, 3.05) is 20.6 Å². The molecule has 0 aliphatic heterocycles. The molecule has 2 rings (SSSR count). The highest BCUT2D eigenvalue weighted by atomic mass is 35.5. The van der Waals surface area contributed by atoms with Crippen LogP contribution in [-0.2, 0) is 4.84 Å². The molecule has 0 spiro atoms. The minimum Gasteiger partial charge on any atom is -0.313 e. The second kappa shape index (κ2) is 7.57. The first-order valence-electron chi connectivity index (χ1n) is 7.24. The van der Waals surface area contributed by atoms with Gasteiger partial charge in [0, 0.05) is 17.5 Å². The summed E-state index contributed by atoms with van der Waals surface area (Å²) < 4.78 is 0. The topological polar surface area (TPSA) is 41.9 Å². The van der Waals surface area contributed by atoms with Crippen molar-refractivity contribution >= 4 is 23.3 Å². The van der Waals surface area contributed by atoms with Crippen LogP contribution in [-0.4, -0.2) is 37.2 Å². The van der Waals surface area contributed by atoms with Gasteiger partial charge in [-0.15, -0.1) is 0 Å². The summed E-state index contributed by atoms with van der Waals surface area (Å²) in [6.07, 6.45) is 4.34. The number of hydrogen-bond donors (Lipinski definition) is 0. The smallest absolute Gasteiger partial charge is 0.313 e. The molecule has 0 amide bonds. The van der Waals surface area contributed by atoms with E-state index in [4.69, 9.17) is 16.4 Å². The van der Waals surface area contributed by atoms with Gasteiger partial charge in [0.05, 0.1) is 11.3 Å². The van der Waals surface area contributed by atoms with E-state index in [1.165, 1.54) is 6.42 Å². The van der Waals surface area contributed by atoms with Crippen molar-refractivity contribution in [2.24, 2.45) is 11.1 Å². The molecule has 4 nitrogen and oxygen atoms in total. The highest BCUT2D eigenvalue weighted by Gasteiger charge is 2.22. The average Bonchev–Trinajstić information content (AvgIpc) is 2.46. The molecule has 114 valence electrons. The van der Waals surface area contributed by atoms with Crippen molar-refractivity contribution in [3.63, 3.8) is 0 Å². The molecule has 0 saturated heterocycles. The Balaban J connectivity index is 2.00. The van der Waals surface area contributed by atoms with Crippen LogP contribution in [0.2, 0.25) is 5.02 Å². The number of halogens is 1. The van der Waals surface area contributed by atoms with Crippen LogP contribution in [0.3, 0.4) is 0 Å². The average molecular weight is 309 g/mol. The molecule has 1 atom stereocenters. The van der Waals surface area contributed by atoms with Gasteiger partial charge in [0.2, 0.25) is 0 Å². The fourth-order valence-corrected chi connectivity index (χ4v) is 2.69. The first-order valence-corrected chi connectivity index (χ1v) is 7.62. The number of rotatable bonds is 4. The molecule has 0 heterocycles. The zero-order chi connectivity index (χ0) is 15.2. The highest BCUT2D eigenvalue weighted by Crippen LogP contribution is 2.22. The minimum atomic E-state index is -0.437. The standard InChI is InChI=1S/C16H21ClN2O2/c1-19(2)11-13-5-3-4-6-15(13)18-21-16(20)12-7-9-14(17)10-8-12/h7-10,13H,3-6,11H2,1-2H3/b18-15+. The Kier molecular flexibility index (Phi) is 5.76. The Labute approximate surface area is 130 Å². The Morgan fingerprint density at radius 3 is 2.71 bits per heavy atom. The third-order valence-corrected chi connectivity index (χ3v) is 3.87. The second-order valence-electron chi connectivity index (χ2n) is 5.67. The number of hydrogen-bond acceptors (Lipinski definition) is 4. The summed E-state index contributed by atoms with van der Waals surface area (Å²) in [5.41, 5.74) is 1.46. The van der Waals surface area contributed by atoms with E-state index >= 15 is 0 Å². The van der Waals surface area contributed by atoms with Gasteiger partial charge < -0.3 is 9.74 Å². The molecule has 1 aliphatic rings. The molecule has 1 aromatic rings. The maximum absolute atomic E-state index is 11.9. The molecule has 1 unspecified atom stereocenters. The summed E-state index contributed by atoms with van der Waals surface area (Å²) >= 11 is 5.80. The Morgan fingerprint density at radius 1 is 1.33 bits per heavy atom. The van der Waals surface area contributed by atoms with E-state index in [0.717, 1.165) is 31.5 Å².